The van der Waals surface area contributed by atoms with Crippen LogP contribution in [0.5, 0.6) is 5.75 Å². The summed E-state index contributed by atoms with van der Waals surface area (Å²) in [5.41, 5.74) is 8.06. The molecule has 0 aliphatic carbocycles. The first kappa shape index (κ1) is 29.6. The van der Waals surface area contributed by atoms with Gasteiger partial charge in [-0.25, -0.2) is 4.79 Å². The first-order valence-corrected chi connectivity index (χ1v) is 13.9. The molecule has 2 heterocycles. The zero-order valence-electron chi connectivity index (χ0n) is 24.1. The van der Waals surface area contributed by atoms with E-state index >= 15 is 0 Å². The first-order chi connectivity index (χ1) is 18.9. The molecular formula is C31H41N3O6. The van der Waals surface area contributed by atoms with E-state index in [1.54, 1.807) is 32.9 Å². The molecule has 2 aliphatic heterocycles. The van der Waals surface area contributed by atoms with Crippen LogP contribution in [0.1, 0.15) is 74.5 Å². The van der Waals surface area contributed by atoms with Gasteiger partial charge >= 0.3 is 5.97 Å². The van der Waals surface area contributed by atoms with Crippen molar-refractivity contribution in [3.05, 3.63) is 64.7 Å². The third-order valence-electron chi connectivity index (χ3n) is 6.99. The molecule has 3 atom stereocenters. The van der Waals surface area contributed by atoms with Gasteiger partial charge in [0.15, 0.2) is 0 Å². The van der Waals surface area contributed by atoms with Gasteiger partial charge in [0.05, 0.1) is 18.8 Å². The fourth-order valence-electron chi connectivity index (χ4n) is 5.34. The lowest BCUT2D eigenvalue weighted by Crippen LogP contribution is -2.45. The molecule has 2 aromatic rings. The Labute approximate surface area is 236 Å². The van der Waals surface area contributed by atoms with E-state index in [4.69, 9.17) is 19.9 Å². The van der Waals surface area contributed by atoms with Gasteiger partial charge in [-0.2, -0.15) is 0 Å². The molecule has 1 fully saturated rings. The highest BCUT2D eigenvalue weighted by Crippen LogP contribution is 2.34. The maximum atomic E-state index is 13.4. The van der Waals surface area contributed by atoms with Crippen LogP contribution in [0.25, 0.3) is 0 Å². The minimum atomic E-state index is -0.926. The van der Waals surface area contributed by atoms with Crippen LogP contribution in [0.4, 0.5) is 0 Å². The highest BCUT2D eigenvalue weighted by Gasteiger charge is 2.39. The van der Waals surface area contributed by atoms with E-state index in [9.17, 15) is 14.4 Å². The van der Waals surface area contributed by atoms with Gasteiger partial charge in [0.1, 0.15) is 24.0 Å². The largest absolute Gasteiger partial charge is 0.489 e. The van der Waals surface area contributed by atoms with E-state index in [1.165, 1.54) is 10.5 Å². The number of esters is 1. The van der Waals surface area contributed by atoms with Crippen LogP contribution in [0.2, 0.25) is 0 Å². The number of carbonyl (C=O) groups is 3. The lowest BCUT2D eigenvalue weighted by atomic mass is 10.1. The van der Waals surface area contributed by atoms with Crippen molar-refractivity contribution in [3.63, 3.8) is 0 Å². The third-order valence-corrected chi connectivity index (χ3v) is 6.99. The number of ether oxygens (including phenoxy) is 3. The van der Waals surface area contributed by atoms with E-state index in [1.807, 2.05) is 6.07 Å². The average molecular weight is 552 g/mol. The Hall–Kier alpha value is -3.43. The number of nitrogens with two attached hydrogens (primary N) is 1. The second-order valence-corrected chi connectivity index (χ2v) is 11.8. The van der Waals surface area contributed by atoms with Crippen LogP contribution >= 0.6 is 0 Å². The second kappa shape index (κ2) is 12.4. The van der Waals surface area contributed by atoms with Crippen LogP contribution in [0.15, 0.2) is 42.5 Å². The molecule has 4 rings (SSSR count). The molecule has 0 spiro atoms. The molecule has 0 radical (unpaired) electrons. The molecule has 2 aliphatic rings. The molecule has 2 N–H and O–H groups in total. The van der Waals surface area contributed by atoms with Gasteiger partial charge in [-0.3, -0.25) is 14.5 Å². The summed E-state index contributed by atoms with van der Waals surface area (Å²) < 4.78 is 17.6. The number of rotatable bonds is 10. The Morgan fingerprint density at radius 1 is 1.05 bits per heavy atom. The number of primary amides is 1. The number of hydrogen-bond acceptors (Lipinski definition) is 7. The van der Waals surface area contributed by atoms with Gasteiger partial charge in [-0.1, -0.05) is 30.3 Å². The Bertz CT molecular complexity index is 1210. The predicted octanol–water partition coefficient (Wildman–Crippen LogP) is 3.81. The molecule has 216 valence electrons. The maximum Gasteiger partial charge on any atom is 0.329 e. The third kappa shape index (κ3) is 7.61. The smallest absolute Gasteiger partial charge is 0.329 e. The van der Waals surface area contributed by atoms with Crippen LogP contribution in [-0.2, 0) is 38.8 Å². The fraction of sp³-hybridized carbons (Fsp3) is 0.516. The summed E-state index contributed by atoms with van der Waals surface area (Å²) >= 11 is 0. The molecular weight excluding hydrogens is 510 g/mol. The zero-order valence-corrected chi connectivity index (χ0v) is 24.1. The van der Waals surface area contributed by atoms with Crippen molar-refractivity contribution >= 4 is 17.8 Å². The second-order valence-electron chi connectivity index (χ2n) is 11.8. The van der Waals surface area contributed by atoms with Crippen molar-refractivity contribution in [1.82, 2.24) is 9.80 Å². The summed E-state index contributed by atoms with van der Waals surface area (Å²) in [4.78, 5) is 41.7. The molecule has 0 bridgehead atoms. The first-order valence-electron chi connectivity index (χ1n) is 13.9. The predicted molar refractivity (Wildman–Crippen MR) is 150 cm³/mol. The monoisotopic (exact) mass is 551 g/mol. The lowest BCUT2D eigenvalue weighted by Gasteiger charge is -2.35. The van der Waals surface area contributed by atoms with Crippen molar-refractivity contribution < 1.29 is 28.6 Å². The Kier molecular flexibility index (Phi) is 9.15. The van der Waals surface area contributed by atoms with Crippen LogP contribution in [-0.4, -0.2) is 64.5 Å². The van der Waals surface area contributed by atoms with Crippen LogP contribution < -0.4 is 10.5 Å². The SMILES string of the molecule is C[C@@H]1CN(Cc2ccc(COc3cccc4c3CN(C(CCC(N)=O)C(=O)OC(C)(C)C)C4=O)cc2)C[C@H](C)O1. The number of morpholine rings is 1. The van der Waals surface area contributed by atoms with E-state index in [-0.39, 0.29) is 37.5 Å². The molecule has 0 aromatic heterocycles. The summed E-state index contributed by atoms with van der Waals surface area (Å²) in [5.74, 6) is -0.802. The summed E-state index contributed by atoms with van der Waals surface area (Å²) in [7, 11) is 0. The highest BCUT2D eigenvalue weighted by atomic mass is 16.6. The van der Waals surface area contributed by atoms with Gasteiger partial charge in [-0.15, -0.1) is 0 Å². The molecule has 9 nitrogen and oxygen atoms in total. The fourth-order valence-corrected chi connectivity index (χ4v) is 5.34. The van der Waals surface area contributed by atoms with Crippen molar-refractivity contribution in [1.29, 1.82) is 0 Å². The Balaban J connectivity index is 1.42. The zero-order chi connectivity index (χ0) is 29.0. The average Bonchev–Trinajstić information content (AvgIpc) is 3.18. The lowest BCUT2D eigenvalue weighted by molar-refractivity contribution is -0.160. The van der Waals surface area contributed by atoms with Crippen molar-refractivity contribution in [2.24, 2.45) is 5.73 Å². The van der Waals surface area contributed by atoms with Gasteiger partial charge < -0.3 is 24.8 Å². The molecule has 2 amide bonds. The molecule has 0 saturated carbocycles. The van der Waals surface area contributed by atoms with E-state index in [0.29, 0.717) is 23.5 Å². The van der Waals surface area contributed by atoms with Crippen molar-refractivity contribution in [2.75, 3.05) is 13.1 Å². The number of hydrogen-bond donors (Lipinski definition) is 1. The highest BCUT2D eigenvalue weighted by molar-refractivity contribution is 6.01. The van der Waals surface area contributed by atoms with Gasteiger partial charge in [0, 0.05) is 37.2 Å². The van der Waals surface area contributed by atoms with E-state index in [0.717, 1.165) is 25.2 Å². The quantitative estimate of drug-likeness (QED) is 0.447. The molecule has 9 heteroatoms. The standard InChI is InChI=1S/C31H41N3O6/c1-20-15-33(16-21(2)39-20)17-22-9-11-23(12-10-22)19-38-27-8-6-7-24-25(27)18-34(29(24)36)26(13-14-28(32)35)30(37)40-31(3,4)5/h6-12,20-21,26H,13-19H2,1-5H3,(H2,32,35)/t20-,21+,26?. The van der Waals surface area contributed by atoms with Crippen molar-refractivity contribution in [3.8, 4) is 5.75 Å². The van der Waals surface area contributed by atoms with Crippen LogP contribution in [0.3, 0.4) is 0 Å². The maximum absolute atomic E-state index is 13.4. The molecule has 1 saturated heterocycles. The Morgan fingerprint density at radius 2 is 1.70 bits per heavy atom. The van der Waals surface area contributed by atoms with Gasteiger partial charge in [-0.05, 0) is 64.3 Å². The number of amides is 2. The summed E-state index contributed by atoms with van der Waals surface area (Å²) in [5, 5.41) is 0. The minimum Gasteiger partial charge on any atom is -0.489 e. The number of carbonyl (C=O) groups excluding carboxylic acids is 3. The van der Waals surface area contributed by atoms with E-state index in [2.05, 4.69) is 43.0 Å². The van der Waals surface area contributed by atoms with Crippen molar-refractivity contribution in [2.45, 2.75) is 91.0 Å². The number of fused-ring (bicyclic) bond motifs is 1. The number of benzene rings is 2. The summed E-state index contributed by atoms with van der Waals surface area (Å²) in [6.45, 7) is 12.7. The van der Waals surface area contributed by atoms with Gasteiger partial charge in [0.25, 0.3) is 5.91 Å². The van der Waals surface area contributed by atoms with E-state index < -0.39 is 23.5 Å². The van der Waals surface area contributed by atoms with Crippen LogP contribution in [0, 0.1) is 0 Å². The molecule has 40 heavy (non-hydrogen) atoms. The molecule has 1 unspecified atom stereocenters. The van der Waals surface area contributed by atoms with Gasteiger partial charge in [0.2, 0.25) is 5.91 Å². The normalized spacial score (nSPS) is 20.2. The summed E-state index contributed by atoms with van der Waals surface area (Å²) in [6.07, 6.45) is 0.519. The Morgan fingerprint density at radius 3 is 2.33 bits per heavy atom. The molecule has 2 aromatic carbocycles. The minimum absolute atomic E-state index is 0.0347. The summed E-state index contributed by atoms with van der Waals surface area (Å²) in [6, 6.07) is 12.8. The topological polar surface area (TPSA) is 111 Å². The number of nitrogens with zero attached hydrogens (tertiary/aromatic N) is 2.